The molecule has 1 unspecified atom stereocenters. The van der Waals surface area contributed by atoms with Crippen LogP contribution in [0.25, 0.3) is 5.57 Å². The van der Waals surface area contributed by atoms with Crippen LogP contribution >= 0.6 is 27.7 Å². The number of nitrogens with two attached hydrogens (primary N) is 1. The summed E-state index contributed by atoms with van der Waals surface area (Å²) in [5.41, 5.74) is 8.08. The van der Waals surface area contributed by atoms with Crippen LogP contribution < -0.4 is 5.73 Å². The molecule has 4 heteroatoms. The highest BCUT2D eigenvalue weighted by molar-refractivity contribution is 9.10. The Kier molecular flexibility index (Phi) is 4.29. The molecule has 3 N–H and O–H groups in total. The number of benzene rings is 1. The number of nitrogens with one attached hydrogen (secondary N) is 1. The largest absolute Gasteiger partial charge is 0.379 e. The third-order valence-corrected chi connectivity index (χ3v) is 4.29. The molecule has 0 radical (unpaired) electrons. The standard InChI is InChI=1S/C13H15BrN2S/c14-11-5-1-3-9(7-11)12-6-2-4-10(12)8-17-13(15)16/h1,3,5-7,10H,2,4,8H2,(H3,15,16). The van der Waals surface area contributed by atoms with E-state index in [0.717, 1.165) is 16.6 Å². The fourth-order valence-electron chi connectivity index (χ4n) is 2.15. The van der Waals surface area contributed by atoms with Gasteiger partial charge in [0.1, 0.15) is 0 Å². The Morgan fingerprint density at radius 1 is 1.53 bits per heavy atom. The van der Waals surface area contributed by atoms with Gasteiger partial charge in [-0.2, -0.15) is 0 Å². The lowest BCUT2D eigenvalue weighted by Crippen LogP contribution is -2.10. The number of hydrogen-bond donors (Lipinski definition) is 2. The molecule has 0 fully saturated rings. The second-order valence-corrected chi connectivity index (χ2v) is 6.10. The molecule has 1 atom stereocenters. The minimum absolute atomic E-state index is 0.213. The molecule has 1 aliphatic rings. The number of thioether (sulfide) groups is 1. The van der Waals surface area contributed by atoms with Crippen LogP contribution in [0.3, 0.4) is 0 Å². The van der Waals surface area contributed by atoms with E-state index in [1.165, 1.54) is 29.3 Å². The van der Waals surface area contributed by atoms with Crippen molar-refractivity contribution in [2.75, 3.05) is 5.75 Å². The number of amidine groups is 1. The van der Waals surface area contributed by atoms with E-state index in [1.54, 1.807) is 0 Å². The van der Waals surface area contributed by atoms with E-state index in [9.17, 15) is 0 Å². The van der Waals surface area contributed by atoms with Crippen LogP contribution in [-0.2, 0) is 0 Å². The highest BCUT2D eigenvalue weighted by atomic mass is 79.9. The van der Waals surface area contributed by atoms with E-state index in [4.69, 9.17) is 11.1 Å². The first-order valence-corrected chi connectivity index (χ1v) is 7.37. The molecule has 0 heterocycles. The number of rotatable bonds is 3. The normalized spacial score (nSPS) is 19.1. The van der Waals surface area contributed by atoms with E-state index in [1.807, 2.05) is 6.07 Å². The van der Waals surface area contributed by atoms with Crippen LogP contribution in [0, 0.1) is 11.3 Å². The van der Waals surface area contributed by atoms with Crippen LogP contribution in [0.5, 0.6) is 0 Å². The van der Waals surface area contributed by atoms with Crippen molar-refractivity contribution in [1.82, 2.24) is 0 Å². The van der Waals surface area contributed by atoms with Crippen molar-refractivity contribution in [1.29, 1.82) is 5.41 Å². The number of halogens is 1. The summed E-state index contributed by atoms with van der Waals surface area (Å²) in [7, 11) is 0. The molecule has 0 aliphatic heterocycles. The molecule has 0 spiro atoms. The Hall–Kier alpha value is -0.740. The Bertz CT molecular complexity index is 456. The zero-order valence-electron chi connectivity index (χ0n) is 9.45. The van der Waals surface area contributed by atoms with Gasteiger partial charge in [0.05, 0.1) is 0 Å². The summed E-state index contributed by atoms with van der Waals surface area (Å²) in [6.07, 6.45) is 4.61. The van der Waals surface area contributed by atoms with Crippen molar-refractivity contribution in [3.05, 3.63) is 40.4 Å². The van der Waals surface area contributed by atoms with E-state index in [-0.39, 0.29) is 5.17 Å². The smallest absolute Gasteiger partial charge is 0.151 e. The third-order valence-electron chi connectivity index (χ3n) is 2.92. The maximum Gasteiger partial charge on any atom is 0.151 e. The first kappa shape index (κ1) is 12.7. The van der Waals surface area contributed by atoms with Gasteiger partial charge in [0, 0.05) is 10.2 Å². The minimum atomic E-state index is 0.213. The Balaban J connectivity index is 2.11. The molecule has 1 aromatic carbocycles. The Labute approximate surface area is 114 Å². The van der Waals surface area contributed by atoms with Gasteiger partial charge in [0.15, 0.2) is 5.17 Å². The first-order valence-electron chi connectivity index (χ1n) is 5.59. The zero-order chi connectivity index (χ0) is 12.3. The molecule has 2 rings (SSSR count). The lowest BCUT2D eigenvalue weighted by Gasteiger charge is -2.14. The van der Waals surface area contributed by atoms with E-state index in [0.29, 0.717) is 5.92 Å². The van der Waals surface area contributed by atoms with Crippen molar-refractivity contribution < 1.29 is 0 Å². The van der Waals surface area contributed by atoms with Gasteiger partial charge in [0.25, 0.3) is 0 Å². The molecule has 2 nitrogen and oxygen atoms in total. The van der Waals surface area contributed by atoms with Gasteiger partial charge in [-0.1, -0.05) is 45.9 Å². The van der Waals surface area contributed by atoms with Gasteiger partial charge in [0.2, 0.25) is 0 Å². The topological polar surface area (TPSA) is 49.9 Å². The molecule has 0 bridgehead atoms. The van der Waals surface area contributed by atoms with Crippen LogP contribution in [-0.4, -0.2) is 10.9 Å². The van der Waals surface area contributed by atoms with Crippen LogP contribution in [0.1, 0.15) is 18.4 Å². The van der Waals surface area contributed by atoms with Crippen molar-refractivity contribution in [3.63, 3.8) is 0 Å². The summed E-state index contributed by atoms with van der Waals surface area (Å²) >= 11 is 4.94. The molecular formula is C13H15BrN2S. The van der Waals surface area contributed by atoms with E-state index in [2.05, 4.69) is 40.2 Å². The lowest BCUT2D eigenvalue weighted by atomic mass is 9.97. The van der Waals surface area contributed by atoms with Gasteiger partial charge in [-0.3, -0.25) is 5.41 Å². The summed E-state index contributed by atoms with van der Waals surface area (Å²) in [4.78, 5) is 0. The SMILES string of the molecule is N=C(N)SCC1CCC=C1c1cccc(Br)c1. The summed E-state index contributed by atoms with van der Waals surface area (Å²) in [6, 6.07) is 8.40. The van der Waals surface area contributed by atoms with E-state index >= 15 is 0 Å². The van der Waals surface area contributed by atoms with Gasteiger partial charge in [-0.25, -0.2) is 0 Å². The molecule has 90 valence electrons. The predicted molar refractivity (Wildman–Crippen MR) is 79.2 cm³/mol. The molecule has 17 heavy (non-hydrogen) atoms. The number of allylic oxidation sites excluding steroid dienone is 2. The predicted octanol–water partition coefficient (Wildman–Crippen LogP) is 3.87. The van der Waals surface area contributed by atoms with Gasteiger partial charge in [-0.05, 0) is 42.0 Å². The molecule has 0 saturated heterocycles. The Morgan fingerprint density at radius 2 is 2.35 bits per heavy atom. The van der Waals surface area contributed by atoms with Gasteiger partial charge < -0.3 is 5.73 Å². The Morgan fingerprint density at radius 3 is 3.06 bits per heavy atom. The molecular weight excluding hydrogens is 296 g/mol. The van der Waals surface area contributed by atoms with E-state index < -0.39 is 0 Å². The first-order chi connectivity index (χ1) is 8.16. The second kappa shape index (κ2) is 5.74. The van der Waals surface area contributed by atoms with Crippen LogP contribution in [0.15, 0.2) is 34.8 Å². The average Bonchev–Trinajstić information content (AvgIpc) is 2.74. The summed E-state index contributed by atoms with van der Waals surface area (Å²) < 4.78 is 1.11. The molecule has 0 saturated carbocycles. The maximum atomic E-state index is 7.28. The van der Waals surface area contributed by atoms with Crippen LogP contribution in [0.4, 0.5) is 0 Å². The number of hydrogen-bond acceptors (Lipinski definition) is 2. The molecule has 1 aliphatic carbocycles. The van der Waals surface area contributed by atoms with Crippen molar-refractivity contribution in [3.8, 4) is 0 Å². The molecule has 0 amide bonds. The minimum Gasteiger partial charge on any atom is -0.379 e. The third kappa shape index (κ3) is 3.36. The van der Waals surface area contributed by atoms with Gasteiger partial charge >= 0.3 is 0 Å². The zero-order valence-corrected chi connectivity index (χ0v) is 11.9. The molecule has 0 aromatic heterocycles. The average molecular weight is 311 g/mol. The fraction of sp³-hybridized carbons (Fsp3) is 0.308. The van der Waals surface area contributed by atoms with Crippen molar-refractivity contribution >= 4 is 38.4 Å². The quantitative estimate of drug-likeness (QED) is 0.657. The monoisotopic (exact) mass is 310 g/mol. The maximum absolute atomic E-state index is 7.28. The van der Waals surface area contributed by atoms with Crippen molar-refractivity contribution in [2.45, 2.75) is 12.8 Å². The summed E-state index contributed by atoms with van der Waals surface area (Å²) in [6.45, 7) is 0. The highest BCUT2D eigenvalue weighted by Gasteiger charge is 2.20. The van der Waals surface area contributed by atoms with Crippen molar-refractivity contribution in [2.24, 2.45) is 11.7 Å². The highest BCUT2D eigenvalue weighted by Crippen LogP contribution is 2.36. The summed E-state index contributed by atoms with van der Waals surface area (Å²) in [5, 5.41) is 7.49. The lowest BCUT2D eigenvalue weighted by molar-refractivity contribution is 0.726. The molecule has 1 aromatic rings. The fourth-order valence-corrected chi connectivity index (χ4v) is 3.27. The second-order valence-electron chi connectivity index (χ2n) is 4.12. The van der Waals surface area contributed by atoms with Crippen LogP contribution in [0.2, 0.25) is 0 Å². The van der Waals surface area contributed by atoms with Gasteiger partial charge in [-0.15, -0.1) is 0 Å². The summed E-state index contributed by atoms with van der Waals surface area (Å²) in [5.74, 6) is 1.44.